The lowest BCUT2D eigenvalue weighted by Gasteiger charge is -2.26. The van der Waals surface area contributed by atoms with E-state index in [0.29, 0.717) is 0 Å². The Morgan fingerprint density at radius 2 is 0.865 bits per heavy atom. The number of allylic oxidation sites excluding steroid dienone is 1. The van der Waals surface area contributed by atoms with Crippen molar-refractivity contribution in [2.75, 3.05) is 4.90 Å². The molecule has 0 spiro atoms. The average Bonchev–Trinajstić information content (AvgIpc) is 4.13. The first kappa shape index (κ1) is 43.3. The van der Waals surface area contributed by atoms with Crippen LogP contribution in [0, 0.1) is 13.8 Å². The Hall–Kier alpha value is -9.45. The fourth-order valence-electron chi connectivity index (χ4n) is 11.5. The number of aromatic nitrogens is 4. The fourth-order valence-corrected chi connectivity index (χ4v) is 11.5. The minimum Gasteiger partial charge on any atom is -0.311 e. The predicted octanol–water partition coefficient (Wildman–Crippen LogP) is 18.1. The quantitative estimate of drug-likeness (QED) is 0.144. The van der Waals surface area contributed by atoms with Gasteiger partial charge in [-0.25, -0.2) is 4.98 Å². The summed E-state index contributed by atoms with van der Waals surface area (Å²) in [5.41, 5.74) is 22.7. The van der Waals surface area contributed by atoms with E-state index in [1.54, 1.807) is 0 Å². The van der Waals surface area contributed by atoms with Gasteiger partial charge in [0.2, 0.25) is 0 Å². The zero-order valence-corrected chi connectivity index (χ0v) is 41.3. The van der Waals surface area contributed by atoms with Gasteiger partial charge in [-0.2, -0.15) is 0 Å². The van der Waals surface area contributed by atoms with Crippen LogP contribution >= 0.6 is 0 Å². The first-order valence-corrected chi connectivity index (χ1v) is 25.7. The summed E-state index contributed by atoms with van der Waals surface area (Å²) in [5, 5.41) is 3.78. The molecule has 13 aromatic rings. The normalized spacial score (nSPS) is 12.3. The van der Waals surface area contributed by atoms with Gasteiger partial charge in [0.05, 0.1) is 27.6 Å². The zero-order valence-electron chi connectivity index (χ0n) is 41.3. The molecule has 0 aliphatic heterocycles. The number of aryl methyl sites for hydroxylation is 3. The number of anilines is 3. The zero-order chi connectivity index (χ0) is 49.3. The minimum absolute atomic E-state index is 0.886. The lowest BCUT2D eigenvalue weighted by Crippen LogP contribution is -2.09. The van der Waals surface area contributed by atoms with Crippen LogP contribution in [-0.4, -0.2) is 18.7 Å². The number of nitrogens with zero attached hydrogens (tertiary/aromatic N) is 5. The van der Waals surface area contributed by atoms with Gasteiger partial charge in [-0.15, -0.1) is 0 Å². The van der Waals surface area contributed by atoms with E-state index >= 15 is 0 Å². The highest BCUT2D eigenvalue weighted by atomic mass is 15.1. The molecule has 3 aromatic heterocycles. The maximum absolute atomic E-state index is 5.45. The highest BCUT2D eigenvalue weighted by Gasteiger charge is 2.23. The first-order valence-electron chi connectivity index (χ1n) is 25.7. The molecule has 10 aromatic carbocycles. The molecular formula is C69H51N5. The van der Waals surface area contributed by atoms with E-state index in [0.717, 1.165) is 91.6 Å². The largest absolute Gasteiger partial charge is 0.311 e. The van der Waals surface area contributed by atoms with Crippen LogP contribution < -0.4 is 4.90 Å². The van der Waals surface area contributed by atoms with Crippen LogP contribution in [0.4, 0.5) is 17.1 Å². The molecule has 1 aliphatic carbocycles. The summed E-state index contributed by atoms with van der Waals surface area (Å²) in [5.74, 6) is 0.886. The molecule has 14 rings (SSSR count). The van der Waals surface area contributed by atoms with Gasteiger partial charge in [-0.3, -0.25) is 4.57 Å². The maximum atomic E-state index is 5.45. The number of hydrogen-bond acceptors (Lipinski definition) is 2. The molecule has 74 heavy (non-hydrogen) atoms. The summed E-state index contributed by atoms with van der Waals surface area (Å²) in [4.78, 5) is 7.79. The van der Waals surface area contributed by atoms with Crippen LogP contribution in [0.2, 0.25) is 0 Å². The van der Waals surface area contributed by atoms with E-state index in [1.165, 1.54) is 55.1 Å². The molecule has 0 bridgehead atoms. The summed E-state index contributed by atoms with van der Waals surface area (Å²) in [6.07, 6.45) is 6.71. The molecule has 0 amide bonds. The molecule has 5 nitrogen and oxygen atoms in total. The van der Waals surface area contributed by atoms with E-state index in [4.69, 9.17) is 4.98 Å². The second kappa shape index (κ2) is 17.7. The summed E-state index contributed by atoms with van der Waals surface area (Å²) in [7, 11) is 0. The third-order valence-electron chi connectivity index (χ3n) is 15.0. The van der Waals surface area contributed by atoms with Gasteiger partial charge in [0, 0.05) is 61.5 Å². The number of rotatable bonds is 9. The molecular weight excluding hydrogens is 899 g/mol. The second-order valence-electron chi connectivity index (χ2n) is 19.7. The molecule has 352 valence electrons. The molecule has 3 heterocycles. The Labute approximate surface area is 430 Å². The molecule has 1 aliphatic rings. The standard InChI is InChI=1S/C69H51N5/c1-46-28-34-54(35-29-46)71(55-36-30-47(2)31-37-55)56-38-32-48(33-39-56)49-40-50(42-52(41-49)69-70-63-22-10-15-27-68(63)74(69)53-16-4-3-5-17-53)51-43-57(72-64-23-11-6-18-59(64)60-19-7-12-24-65(60)72)45-58(44-51)73-66-25-13-8-20-61(66)62-21-9-14-26-67(62)73/h3-8,10-20,22-45H,9,21H2,1-2H3. The first-order chi connectivity index (χ1) is 36.5. The summed E-state index contributed by atoms with van der Waals surface area (Å²) in [6.45, 7) is 4.28. The molecule has 0 saturated carbocycles. The minimum atomic E-state index is 0.886. The monoisotopic (exact) mass is 949 g/mol. The lowest BCUT2D eigenvalue weighted by atomic mass is 9.94. The Morgan fingerprint density at radius 3 is 1.50 bits per heavy atom. The van der Waals surface area contributed by atoms with Crippen LogP contribution in [0.15, 0.2) is 243 Å². The van der Waals surface area contributed by atoms with E-state index in [-0.39, 0.29) is 0 Å². The van der Waals surface area contributed by atoms with Crippen molar-refractivity contribution < 1.29 is 0 Å². The number of fused-ring (bicyclic) bond motifs is 7. The second-order valence-corrected chi connectivity index (χ2v) is 19.7. The lowest BCUT2D eigenvalue weighted by molar-refractivity contribution is 0.967. The van der Waals surface area contributed by atoms with Crippen molar-refractivity contribution in [3.8, 4) is 50.7 Å². The van der Waals surface area contributed by atoms with Crippen molar-refractivity contribution in [1.29, 1.82) is 0 Å². The molecule has 0 fully saturated rings. The fraction of sp³-hybridized carbons (Fsp3) is 0.0580. The molecule has 0 saturated heterocycles. The smallest absolute Gasteiger partial charge is 0.145 e. The Balaban J connectivity index is 1.02. The number of para-hydroxylation sites is 6. The Kier molecular flexibility index (Phi) is 10.4. The molecule has 0 unspecified atom stereocenters. The number of imidazole rings is 1. The van der Waals surface area contributed by atoms with Gasteiger partial charge >= 0.3 is 0 Å². The van der Waals surface area contributed by atoms with E-state index in [9.17, 15) is 0 Å². The molecule has 0 radical (unpaired) electrons. The average molecular weight is 950 g/mol. The van der Waals surface area contributed by atoms with Crippen LogP contribution in [0.25, 0.3) is 101 Å². The topological polar surface area (TPSA) is 30.9 Å². The number of benzene rings is 10. The van der Waals surface area contributed by atoms with Crippen molar-refractivity contribution in [3.05, 3.63) is 265 Å². The Bertz CT molecular complexity index is 4200. The van der Waals surface area contributed by atoms with Crippen LogP contribution in [0.3, 0.4) is 0 Å². The van der Waals surface area contributed by atoms with E-state index in [2.05, 4.69) is 281 Å². The molecule has 5 heteroatoms. The Morgan fingerprint density at radius 1 is 0.378 bits per heavy atom. The van der Waals surface area contributed by atoms with Crippen LogP contribution in [0.5, 0.6) is 0 Å². The van der Waals surface area contributed by atoms with Crippen LogP contribution in [0.1, 0.15) is 28.8 Å². The number of hydrogen-bond donors (Lipinski definition) is 0. The van der Waals surface area contributed by atoms with Crippen molar-refractivity contribution in [3.63, 3.8) is 0 Å². The van der Waals surface area contributed by atoms with E-state index in [1.807, 2.05) is 0 Å². The summed E-state index contributed by atoms with van der Waals surface area (Å²) >= 11 is 0. The van der Waals surface area contributed by atoms with Crippen LogP contribution in [-0.2, 0) is 6.42 Å². The van der Waals surface area contributed by atoms with Gasteiger partial charge < -0.3 is 14.0 Å². The van der Waals surface area contributed by atoms with Gasteiger partial charge in [0.1, 0.15) is 5.82 Å². The van der Waals surface area contributed by atoms with Gasteiger partial charge in [-0.05, 0) is 176 Å². The SMILES string of the molecule is Cc1ccc(N(c2ccc(C)cc2)c2ccc(-c3cc(-c4cc(-n5c6c(c7ccccc75)CCC=C6)cc(-n5c6ccccc6c6ccccc65)c4)cc(-c4nc5ccccc5n4-c4ccccc4)c3)cc2)cc1. The van der Waals surface area contributed by atoms with Crippen molar-refractivity contribution in [2.24, 2.45) is 0 Å². The maximum Gasteiger partial charge on any atom is 0.145 e. The van der Waals surface area contributed by atoms with Crippen molar-refractivity contribution in [1.82, 2.24) is 18.7 Å². The summed E-state index contributed by atoms with van der Waals surface area (Å²) < 4.78 is 7.26. The van der Waals surface area contributed by atoms with Gasteiger partial charge in [0.15, 0.2) is 0 Å². The van der Waals surface area contributed by atoms with Crippen molar-refractivity contribution >= 4 is 66.9 Å². The van der Waals surface area contributed by atoms with Gasteiger partial charge in [0.25, 0.3) is 0 Å². The highest BCUT2D eigenvalue weighted by Crippen LogP contribution is 2.42. The summed E-state index contributed by atoms with van der Waals surface area (Å²) in [6, 6.07) is 86.6. The van der Waals surface area contributed by atoms with Crippen molar-refractivity contribution in [2.45, 2.75) is 26.7 Å². The van der Waals surface area contributed by atoms with E-state index < -0.39 is 0 Å². The molecule has 0 N–H and O–H groups in total. The third kappa shape index (κ3) is 7.35. The highest BCUT2D eigenvalue weighted by molar-refractivity contribution is 6.09. The molecule has 0 atom stereocenters. The van der Waals surface area contributed by atoms with Gasteiger partial charge in [-0.1, -0.05) is 139 Å². The third-order valence-corrected chi connectivity index (χ3v) is 15.0. The predicted molar refractivity (Wildman–Crippen MR) is 310 cm³/mol.